The SMILES string of the molecule is Cc1cnc(C(C)NC2CCCC(C)C2C)o1. The molecule has 0 amide bonds. The Morgan fingerprint density at radius 1 is 1.41 bits per heavy atom. The van der Waals surface area contributed by atoms with Crippen molar-refractivity contribution in [3.05, 3.63) is 17.8 Å². The lowest BCUT2D eigenvalue weighted by atomic mass is 9.78. The molecule has 96 valence electrons. The second-order valence-corrected chi connectivity index (χ2v) is 5.57. The molecular formula is C14H24N2O. The molecule has 0 saturated heterocycles. The van der Waals surface area contributed by atoms with Gasteiger partial charge in [-0.1, -0.05) is 26.7 Å². The Bertz CT molecular complexity index is 361. The molecule has 1 fully saturated rings. The van der Waals surface area contributed by atoms with Crippen molar-refractivity contribution in [1.82, 2.24) is 10.3 Å². The van der Waals surface area contributed by atoms with E-state index < -0.39 is 0 Å². The molecule has 0 aromatic carbocycles. The summed E-state index contributed by atoms with van der Waals surface area (Å²) in [7, 11) is 0. The highest BCUT2D eigenvalue weighted by Crippen LogP contribution is 2.30. The minimum absolute atomic E-state index is 0.210. The molecule has 3 heteroatoms. The monoisotopic (exact) mass is 236 g/mol. The smallest absolute Gasteiger partial charge is 0.211 e. The van der Waals surface area contributed by atoms with Crippen LogP contribution in [0.5, 0.6) is 0 Å². The quantitative estimate of drug-likeness (QED) is 0.873. The molecule has 1 aliphatic carbocycles. The van der Waals surface area contributed by atoms with Crippen molar-refractivity contribution in [2.24, 2.45) is 11.8 Å². The molecule has 0 bridgehead atoms. The van der Waals surface area contributed by atoms with E-state index in [1.165, 1.54) is 19.3 Å². The van der Waals surface area contributed by atoms with Crippen LogP contribution in [-0.2, 0) is 0 Å². The first-order chi connectivity index (χ1) is 8.08. The fraction of sp³-hybridized carbons (Fsp3) is 0.786. The Hall–Kier alpha value is -0.830. The fourth-order valence-corrected chi connectivity index (χ4v) is 2.78. The van der Waals surface area contributed by atoms with Crippen LogP contribution in [0.1, 0.15) is 57.7 Å². The van der Waals surface area contributed by atoms with Gasteiger partial charge in [0.25, 0.3) is 0 Å². The molecule has 4 unspecified atom stereocenters. The molecule has 1 aromatic heterocycles. The summed E-state index contributed by atoms with van der Waals surface area (Å²) in [6.45, 7) is 8.79. The van der Waals surface area contributed by atoms with Crippen molar-refractivity contribution in [3.63, 3.8) is 0 Å². The van der Waals surface area contributed by atoms with Gasteiger partial charge in [0.05, 0.1) is 12.2 Å². The standard InChI is InChI=1S/C14H24N2O/c1-9-6-5-7-13(11(9)3)16-12(4)14-15-8-10(2)17-14/h8-9,11-13,16H,5-7H2,1-4H3. The molecule has 0 spiro atoms. The van der Waals surface area contributed by atoms with Crippen molar-refractivity contribution in [3.8, 4) is 0 Å². The van der Waals surface area contributed by atoms with Crippen LogP contribution in [-0.4, -0.2) is 11.0 Å². The predicted octanol–water partition coefficient (Wildman–Crippen LogP) is 3.46. The molecule has 1 N–H and O–H groups in total. The highest BCUT2D eigenvalue weighted by molar-refractivity contribution is 4.96. The average Bonchev–Trinajstić information content (AvgIpc) is 2.72. The van der Waals surface area contributed by atoms with Gasteiger partial charge in [-0.2, -0.15) is 0 Å². The predicted molar refractivity (Wildman–Crippen MR) is 68.8 cm³/mol. The number of nitrogens with zero attached hydrogens (tertiary/aromatic N) is 1. The molecule has 0 aliphatic heterocycles. The number of nitrogens with one attached hydrogen (secondary N) is 1. The molecule has 1 aromatic rings. The van der Waals surface area contributed by atoms with E-state index in [9.17, 15) is 0 Å². The van der Waals surface area contributed by atoms with Gasteiger partial charge in [-0.3, -0.25) is 0 Å². The summed E-state index contributed by atoms with van der Waals surface area (Å²) < 4.78 is 5.58. The lowest BCUT2D eigenvalue weighted by Gasteiger charge is -2.36. The van der Waals surface area contributed by atoms with E-state index in [4.69, 9.17) is 4.42 Å². The third-order valence-electron chi connectivity index (χ3n) is 4.18. The third-order valence-corrected chi connectivity index (χ3v) is 4.18. The van der Waals surface area contributed by atoms with Gasteiger partial charge >= 0.3 is 0 Å². The summed E-state index contributed by atoms with van der Waals surface area (Å²) in [6, 6.07) is 0.808. The zero-order chi connectivity index (χ0) is 12.4. The minimum atomic E-state index is 0.210. The number of hydrogen-bond donors (Lipinski definition) is 1. The number of aromatic nitrogens is 1. The zero-order valence-electron chi connectivity index (χ0n) is 11.4. The zero-order valence-corrected chi connectivity index (χ0v) is 11.4. The highest BCUT2D eigenvalue weighted by atomic mass is 16.4. The van der Waals surface area contributed by atoms with Crippen LogP contribution < -0.4 is 5.32 Å². The second kappa shape index (κ2) is 5.21. The highest BCUT2D eigenvalue weighted by Gasteiger charge is 2.28. The Morgan fingerprint density at radius 3 is 2.82 bits per heavy atom. The van der Waals surface area contributed by atoms with E-state index in [1.807, 2.05) is 6.92 Å². The van der Waals surface area contributed by atoms with E-state index in [2.05, 4.69) is 31.1 Å². The summed E-state index contributed by atoms with van der Waals surface area (Å²) in [6.07, 6.45) is 5.77. The first-order valence-electron chi connectivity index (χ1n) is 6.76. The van der Waals surface area contributed by atoms with E-state index in [0.29, 0.717) is 6.04 Å². The molecule has 1 aliphatic rings. The molecular weight excluding hydrogens is 212 g/mol. The van der Waals surface area contributed by atoms with Gasteiger partial charge in [-0.05, 0) is 32.1 Å². The number of rotatable bonds is 3. The van der Waals surface area contributed by atoms with Crippen LogP contribution in [0.15, 0.2) is 10.6 Å². The summed E-state index contributed by atoms with van der Waals surface area (Å²) in [5.74, 6) is 3.26. The summed E-state index contributed by atoms with van der Waals surface area (Å²) >= 11 is 0. The molecule has 3 nitrogen and oxygen atoms in total. The maximum atomic E-state index is 5.58. The number of oxazole rings is 1. The average molecular weight is 236 g/mol. The van der Waals surface area contributed by atoms with Crippen LogP contribution >= 0.6 is 0 Å². The van der Waals surface area contributed by atoms with Gasteiger partial charge in [-0.15, -0.1) is 0 Å². The maximum absolute atomic E-state index is 5.58. The van der Waals surface area contributed by atoms with E-state index in [0.717, 1.165) is 23.5 Å². The first-order valence-corrected chi connectivity index (χ1v) is 6.76. The Balaban J connectivity index is 1.96. The molecule has 17 heavy (non-hydrogen) atoms. The Kier molecular flexibility index (Phi) is 3.87. The number of hydrogen-bond acceptors (Lipinski definition) is 3. The van der Waals surface area contributed by atoms with Crippen molar-refractivity contribution < 1.29 is 4.42 Å². The molecule has 1 heterocycles. The van der Waals surface area contributed by atoms with Crippen molar-refractivity contribution >= 4 is 0 Å². The molecule has 2 rings (SSSR count). The first kappa shape index (κ1) is 12.6. The van der Waals surface area contributed by atoms with Crippen LogP contribution in [0.3, 0.4) is 0 Å². The largest absolute Gasteiger partial charge is 0.444 e. The maximum Gasteiger partial charge on any atom is 0.211 e. The lowest BCUT2D eigenvalue weighted by molar-refractivity contribution is 0.189. The Labute approximate surface area is 104 Å². The summed E-state index contributed by atoms with van der Waals surface area (Å²) in [4.78, 5) is 4.30. The Morgan fingerprint density at radius 2 is 2.18 bits per heavy atom. The molecule has 1 saturated carbocycles. The molecule has 4 atom stereocenters. The third kappa shape index (κ3) is 2.89. The summed E-state index contributed by atoms with van der Waals surface area (Å²) in [5.41, 5.74) is 0. The fourth-order valence-electron chi connectivity index (χ4n) is 2.78. The van der Waals surface area contributed by atoms with Crippen LogP contribution in [0.4, 0.5) is 0 Å². The number of aryl methyl sites for hydroxylation is 1. The second-order valence-electron chi connectivity index (χ2n) is 5.57. The van der Waals surface area contributed by atoms with Crippen LogP contribution in [0.2, 0.25) is 0 Å². The van der Waals surface area contributed by atoms with Crippen LogP contribution in [0, 0.1) is 18.8 Å². The van der Waals surface area contributed by atoms with Gasteiger partial charge in [0.2, 0.25) is 5.89 Å². The van der Waals surface area contributed by atoms with Gasteiger partial charge < -0.3 is 9.73 Å². The minimum Gasteiger partial charge on any atom is -0.444 e. The molecule has 0 radical (unpaired) electrons. The van der Waals surface area contributed by atoms with Crippen molar-refractivity contribution in [2.45, 2.75) is 59.0 Å². The van der Waals surface area contributed by atoms with Gasteiger partial charge in [0.1, 0.15) is 5.76 Å². The van der Waals surface area contributed by atoms with Crippen molar-refractivity contribution in [2.75, 3.05) is 0 Å². The van der Waals surface area contributed by atoms with E-state index in [1.54, 1.807) is 6.20 Å². The van der Waals surface area contributed by atoms with Crippen LogP contribution in [0.25, 0.3) is 0 Å². The van der Waals surface area contributed by atoms with Gasteiger partial charge in [0, 0.05) is 6.04 Å². The van der Waals surface area contributed by atoms with Gasteiger partial charge in [-0.25, -0.2) is 4.98 Å². The van der Waals surface area contributed by atoms with E-state index in [-0.39, 0.29) is 6.04 Å². The summed E-state index contributed by atoms with van der Waals surface area (Å²) in [5, 5.41) is 3.67. The van der Waals surface area contributed by atoms with E-state index >= 15 is 0 Å². The topological polar surface area (TPSA) is 38.1 Å². The lowest BCUT2D eigenvalue weighted by Crippen LogP contribution is -2.41. The van der Waals surface area contributed by atoms with Crippen molar-refractivity contribution in [1.29, 1.82) is 0 Å². The van der Waals surface area contributed by atoms with Gasteiger partial charge in [0.15, 0.2) is 0 Å². The normalized spacial score (nSPS) is 31.4.